The Balaban J connectivity index is 2.80. The SMILES string of the molecule is CC(Oc1ccccc1C(F)(F)F)C(=O)NCCO. The van der Waals surface area contributed by atoms with Gasteiger partial charge in [0.2, 0.25) is 0 Å². The van der Waals surface area contributed by atoms with E-state index < -0.39 is 29.5 Å². The van der Waals surface area contributed by atoms with Crippen molar-refractivity contribution in [3.63, 3.8) is 0 Å². The molecule has 1 aromatic rings. The van der Waals surface area contributed by atoms with Gasteiger partial charge in [-0.05, 0) is 19.1 Å². The molecule has 0 saturated heterocycles. The number of aliphatic hydroxyl groups is 1. The maximum Gasteiger partial charge on any atom is 0.419 e. The average molecular weight is 277 g/mol. The summed E-state index contributed by atoms with van der Waals surface area (Å²) < 4.78 is 43.1. The number of benzene rings is 1. The fourth-order valence-electron chi connectivity index (χ4n) is 1.37. The van der Waals surface area contributed by atoms with Crippen LogP contribution in [0.4, 0.5) is 13.2 Å². The molecule has 1 aromatic carbocycles. The van der Waals surface area contributed by atoms with E-state index in [2.05, 4.69) is 5.32 Å². The molecule has 0 aliphatic rings. The Hall–Kier alpha value is -1.76. The molecule has 0 aliphatic carbocycles. The van der Waals surface area contributed by atoms with Crippen molar-refractivity contribution in [2.75, 3.05) is 13.2 Å². The number of hydrogen-bond donors (Lipinski definition) is 2. The summed E-state index contributed by atoms with van der Waals surface area (Å²) in [5, 5.41) is 10.8. The molecule has 1 unspecified atom stereocenters. The van der Waals surface area contributed by atoms with E-state index in [0.717, 1.165) is 12.1 Å². The van der Waals surface area contributed by atoms with Crippen LogP contribution >= 0.6 is 0 Å². The molecule has 0 aliphatic heterocycles. The standard InChI is InChI=1S/C12H14F3NO3/c1-8(11(18)16-6-7-17)19-10-5-3-2-4-9(10)12(13,14)15/h2-5,8,17H,6-7H2,1H3,(H,16,18). The van der Waals surface area contributed by atoms with E-state index in [1.165, 1.54) is 19.1 Å². The predicted molar refractivity (Wildman–Crippen MR) is 61.6 cm³/mol. The van der Waals surface area contributed by atoms with Crippen LogP contribution in [0.25, 0.3) is 0 Å². The number of carbonyl (C=O) groups is 1. The van der Waals surface area contributed by atoms with Gasteiger partial charge in [0.25, 0.3) is 5.91 Å². The Kier molecular flexibility index (Phi) is 5.17. The first-order chi connectivity index (χ1) is 8.86. The van der Waals surface area contributed by atoms with Gasteiger partial charge in [0, 0.05) is 6.54 Å². The first-order valence-electron chi connectivity index (χ1n) is 5.57. The Morgan fingerprint density at radius 1 is 1.42 bits per heavy atom. The first kappa shape index (κ1) is 15.3. The van der Waals surface area contributed by atoms with Crippen LogP contribution in [0.3, 0.4) is 0 Å². The second-order valence-corrected chi connectivity index (χ2v) is 3.77. The van der Waals surface area contributed by atoms with E-state index in [1.807, 2.05) is 0 Å². The molecule has 106 valence electrons. The van der Waals surface area contributed by atoms with E-state index in [0.29, 0.717) is 0 Å². The minimum absolute atomic E-state index is 0.0213. The number of amides is 1. The van der Waals surface area contributed by atoms with Gasteiger partial charge >= 0.3 is 6.18 Å². The second kappa shape index (κ2) is 6.42. The molecule has 0 aromatic heterocycles. The number of hydrogen-bond acceptors (Lipinski definition) is 3. The van der Waals surface area contributed by atoms with E-state index in [9.17, 15) is 18.0 Å². The Morgan fingerprint density at radius 3 is 2.63 bits per heavy atom. The van der Waals surface area contributed by atoms with Gasteiger partial charge in [0.1, 0.15) is 5.75 Å². The molecule has 1 amide bonds. The number of carbonyl (C=O) groups excluding carboxylic acids is 1. The molecular weight excluding hydrogens is 263 g/mol. The normalized spacial score (nSPS) is 12.9. The largest absolute Gasteiger partial charge is 0.480 e. The van der Waals surface area contributed by atoms with E-state index in [-0.39, 0.29) is 13.2 Å². The van der Waals surface area contributed by atoms with Gasteiger partial charge in [0.05, 0.1) is 12.2 Å². The molecule has 0 bridgehead atoms. The average Bonchev–Trinajstić information content (AvgIpc) is 2.35. The van der Waals surface area contributed by atoms with Crippen LogP contribution in [-0.2, 0) is 11.0 Å². The molecule has 0 spiro atoms. The third-order valence-corrected chi connectivity index (χ3v) is 2.28. The summed E-state index contributed by atoms with van der Waals surface area (Å²) in [6, 6.07) is 4.67. The minimum atomic E-state index is -4.54. The molecule has 19 heavy (non-hydrogen) atoms. The lowest BCUT2D eigenvalue weighted by atomic mass is 10.2. The van der Waals surface area contributed by atoms with Crippen molar-refractivity contribution < 1.29 is 27.8 Å². The number of alkyl halides is 3. The molecule has 0 fully saturated rings. The quantitative estimate of drug-likeness (QED) is 0.859. The number of halogens is 3. The molecular formula is C12H14F3NO3. The molecule has 1 rings (SSSR count). The summed E-state index contributed by atoms with van der Waals surface area (Å²) in [5.74, 6) is -0.993. The van der Waals surface area contributed by atoms with E-state index in [4.69, 9.17) is 9.84 Å². The third-order valence-electron chi connectivity index (χ3n) is 2.28. The zero-order chi connectivity index (χ0) is 14.5. The summed E-state index contributed by atoms with van der Waals surface area (Å²) in [7, 11) is 0. The van der Waals surface area contributed by atoms with Crippen molar-refractivity contribution in [3.8, 4) is 5.75 Å². The zero-order valence-corrected chi connectivity index (χ0v) is 10.2. The first-order valence-corrected chi connectivity index (χ1v) is 5.57. The van der Waals surface area contributed by atoms with Crippen LogP contribution in [0.1, 0.15) is 12.5 Å². The summed E-state index contributed by atoms with van der Waals surface area (Å²) in [4.78, 5) is 11.4. The van der Waals surface area contributed by atoms with Crippen molar-refractivity contribution in [1.82, 2.24) is 5.32 Å². The highest BCUT2D eigenvalue weighted by Crippen LogP contribution is 2.36. The van der Waals surface area contributed by atoms with Crippen LogP contribution in [0, 0.1) is 0 Å². The maximum atomic E-state index is 12.7. The van der Waals surface area contributed by atoms with Crippen molar-refractivity contribution in [2.45, 2.75) is 19.2 Å². The number of nitrogens with one attached hydrogen (secondary N) is 1. The Morgan fingerprint density at radius 2 is 2.05 bits per heavy atom. The van der Waals surface area contributed by atoms with Crippen LogP contribution in [0.15, 0.2) is 24.3 Å². The molecule has 1 atom stereocenters. The smallest absolute Gasteiger partial charge is 0.419 e. The lowest BCUT2D eigenvalue weighted by molar-refractivity contribution is -0.140. The lowest BCUT2D eigenvalue weighted by Crippen LogP contribution is -2.38. The predicted octanol–water partition coefficient (Wildman–Crippen LogP) is 1.58. The van der Waals surface area contributed by atoms with Crippen molar-refractivity contribution >= 4 is 5.91 Å². The number of ether oxygens (including phenoxy) is 1. The summed E-state index contributed by atoms with van der Waals surface area (Å²) >= 11 is 0. The summed E-state index contributed by atoms with van der Waals surface area (Å²) in [6.45, 7) is 1.10. The topological polar surface area (TPSA) is 58.6 Å². The molecule has 0 saturated carbocycles. The summed E-state index contributed by atoms with van der Waals surface area (Å²) in [5.41, 5.74) is -0.934. The molecule has 0 radical (unpaired) electrons. The Bertz CT molecular complexity index is 434. The van der Waals surface area contributed by atoms with E-state index >= 15 is 0 Å². The Labute approximate surface area is 108 Å². The fourth-order valence-corrected chi connectivity index (χ4v) is 1.37. The van der Waals surface area contributed by atoms with Gasteiger partial charge in [-0.15, -0.1) is 0 Å². The highest BCUT2D eigenvalue weighted by atomic mass is 19.4. The van der Waals surface area contributed by atoms with Crippen LogP contribution in [-0.4, -0.2) is 30.3 Å². The number of rotatable bonds is 5. The highest BCUT2D eigenvalue weighted by Gasteiger charge is 2.34. The monoisotopic (exact) mass is 277 g/mol. The van der Waals surface area contributed by atoms with Crippen LogP contribution in [0.2, 0.25) is 0 Å². The van der Waals surface area contributed by atoms with E-state index in [1.54, 1.807) is 0 Å². The highest BCUT2D eigenvalue weighted by molar-refractivity contribution is 5.80. The molecule has 7 heteroatoms. The number of aliphatic hydroxyl groups excluding tert-OH is 1. The van der Waals surface area contributed by atoms with Gasteiger partial charge in [-0.2, -0.15) is 13.2 Å². The van der Waals surface area contributed by atoms with Gasteiger partial charge in [-0.1, -0.05) is 12.1 Å². The van der Waals surface area contributed by atoms with Gasteiger partial charge in [0.15, 0.2) is 6.10 Å². The van der Waals surface area contributed by atoms with Crippen molar-refractivity contribution in [2.24, 2.45) is 0 Å². The van der Waals surface area contributed by atoms with Crippen molar-refractivity contribution in [1.29, 1.82) is 0 Å². The molecule has 4 nitrogen and oxygen atoms in total. The fraction of sp³-hybridized carbons (Fsp3) is 0.417. The second-order valence-electron chi connectivity index (χ2n) is 3.77. The third kappa shape index (κ3) is 4.44. The van der Waals surface area contributed by atoms with Crippen LogP contribution < -0.4 is 10.1 Å². The van der Waals surface area contributed by atoms with Crippen molar-refractivity contribution in [3.05, 3.63) is 29.8 Å². The summed E-state index contributed by atoms with van der Waals surface area (Å²) in [6.07, 6.45) is -5.63. The minimum Gasteiger partial charge on any atom is -0.480 e. The molecule has 0 heterocycles. The lowest BCUT2D eigenvalue weighted by Gasteiger charge is -2.18. The maximum absolute atomic E-state index is 12.7. The van der Waals surface area contributed by atoms with Gasteiger partial charge < -0.3 is 15.2 Å². The zero-order valence-electron chi connectivity index (χ0n) is 10.2. The van der Waals surface area contributed by atoms with Gasteiger partial charge in [-0.25, -0.2) is 0 Å². The molecule has 2 N–H and O–H groups in total. The van der Waals surface area contributed by atoms with Gasteiger partial charge in [-0.3, -0.25) is 4.79 Å². The number of para-hydroxylation sites is 1. The van der Waals surface area contributed by atoms with Crippen LogP contribution in [0.5, 0.6) is 5.75 Å².